The zero-order valence-corrected chi connectivity index (χ0v) is 45.5. The highest BCUT2D eigenvalue weighted by Crippen LogP contribution is 2.36. The Morgan fingerprint density at radius 2 is 1.47 bits per heavy atom. The van der Waals surface area contributed by atoms with Crippen molar-refractivity contribution in [3.8, 4) is 17.2 Å². The van der Waals surface area contributed by atoms with Gasteiger partial charge in [0.2, 0.25) is 11.8 Å². The number of piperidine rings is 2. The fourth-order valence-corrected chi connectivity index (χ4v) is 10.6. The largest absolute Gasteiger partial charge is 0.496 e. The first-order valence-corrected chi connectivity index (χ1v) is 27.0. The number of fused-ring (bicyclic) bond motifs is 1. The molecule has 5 aromatic carbocycles. The molecule has 0 aliphatic carbocycles. The van der Waals surface area contributed by atoms with E-state index in [1.54, 1.807) is 30.2 Å². The molecule has 3 heterocycles. The molecule has 4 atom stereocenters. The first-order chi connectivity index (χ1) is 37.5. The van der Waals surface area contributed by atoms with Crippen LogP contribution in [0.1, 0.15) is 141 Å². The van der Waals surface area contributed by atoms with Gasteiger partial charge in [-0.2, -0.15) is 0 Å². The number of benzene rings is 5. The number of hydrogen-bond acceptors (Lipinski definition) is 11. The van der Waals surface area contributed by atoms with Crippen LogP contribution in [0.5, 0.6) is 17.2 Å². The quantitative estimate of drug-likeness (QED) is 0.0497. The van der Waals surface area contributed by atoms with Gasteiger partial charge in [0.1, 0.15) is 42.0 Å². The number of ether oxygens (including phenoxy) is 4. The number of nitrogens with one attached hydrogen (secondary N) is 2. The van der Waals surface area contributed by atoms with Crippen LogP contribution in [0.25, 0.3) is 0 Å². The van der Waals surface area contributed by atoms with Crippen LogP contribution in [0.2, 0.25) is 0 Å². The number of likely N-dealkylation sites (tertiary alicyclic amines) is 1. The summed E-state index contributed by atoms with van der Waals surface area (Å²) in [6.45, 7) is 14.2. The Morgan fingerprint density at radius 1 is 0.756 bits per heavy atom. The number of Topliss-reactive ketones (excluding diaryl/α,β-unsaturated/α-hetero) is 1. The van der Waals surface area contributed by atoms with Gasteiger partial charge in [-0.05, 0) is 166 Å². The van der Waals surface area contributed by atoms with E-state index in [1.165, 1.54) is 17.7 Å². The van der Waals surface area contributed by atoms with Gasteiger partial charge < -0.3 is 34.5 Å². The lowest BCUT2D eigenvalue weighted by atomic mass is 9.89. The van der Waals surface area contributed by atoms with Gasteiger partial charge in [-0.25, -0.2) is 4.79 Å². The average molecular weight is 1060 g/mol. The second kappa shape index (κ2) is 25.4. The van der Waals surface area contributed by atoms with Crippen molar-refractivity contribution >= 4 is 41.3 Å². The number of esters is 1. The highest BCUT2D eigenvalue weighted by Gasteiger charge is 2.45. The molecule has 0 spiro atoms. The highest BCUT2D eigenvalue weighted by molar-refractivity contribution is 6.24. The Labute approximate surface area is 456 Å². The third-order valence-electron chi connectivity index (χ3n) is 15.3. The first-order valence-electron chi connectivity index (χ1n) is 27.0. The zero-order chi connectivity index (χ0) is 55.6. The minimum atomic E-state index is -0.960. The first kappa shape index (κ1) is 56.1. The molecule has 78 heavy (non-hydrogen) atoms. The molecule has 2 saturated heterocycles. The summed E-state index contributed by atoms with van der Waals surface area (Å²) < 4.78 is 23.6. The van der Waals surface area contributed by atoms with Crippen LogP contribution in [0.15, 0.2) is 109 Å². The van der Waals surface area contributed by atoms with Gasteiger partial charge >= 0.3 is 5.97 Å². The Kier molecular flexibility index (Phi) is 18.3. The third-order valence-corrected chi connectivity index (χ3v) is 15.3. The topological polar surface area (TPSA) is 187 Å². The van der Waals surface area contributed by atoms with E-state index >= 15 is 0 Å². The molecule has 0 bridgehead atoms. The van der Waals surface area contributed by atoms with Gasteiger partial charge in [0.25, 0.3) is 17.7 Å². The molecule has 3 aliphatic rings. The van der Waals surface area contributed by atoms with Crippen LogP contribution < -0.4 is 24.8 Å². The van der Waals surface area contributed by atoms with E-state index in [0.717, 1.165) is 68.0 Å². The maximum atomic E-state index is 14.4. The van der Waals surface area contributed by atoms with Gasteiger partial charge in [0, 0.05) is 25.2 Å². The Balaban J connectivity index is 0.822. The molecular formula is C63H70N4O11. The lowest BCUT2D eigenvalue weighted by Gasteiger charge is -2.37. The summed E-state index contributed by atoms with van der Waals surface area (Å²) in [5, 5.41) is 5.50. The Bertz CT molecular complexity index is 3070. The third kappa shape index (κ3) is 13.2. The minimum absolute atomic E-state index is 0.0385. The molecule has 0 saturated carbocycles. The lowest BCUT2D eigenvalue weighted by Crippen LogP contribution is -2.51. The average Bonchev–Trinajstić information content (AvgIpc) is 3.85. The Hall–Kier alpha value is -8.07. The van der Waals surface area contributed by atoms with Gasteiger partial charge in [-0.1, -0.05) is 80.2 Å². The van der Waals surface area contributed by atoms with Crippen molar-refractivity contribution in [3.05, 3.63) is 171 Å². The molecule has 5 aromatic rings. The van der Waals surface area contributed by atoms with E-state index in [2.05, 4.69) is 56.2 Å². The molecule has 5 amide bonds. The number of ketones is 1. The molecule has 2 fully saturated rings. The summed E-state index contributed by atoms with van der Waals surface area (Å²) in [5.74, 6) is -1.70. The number of nitrogens with zero attached hydrogens (tertiary/aromatic N) is 2. The summed E-state index contributed by atoms with van der Waals surface area (Å²) >= 11 is 0. The SMILES string of the molecule is C=C1CCC(N2C(=O)c3cccc(OCC(=O)CCc4ccc(CNC(=O)COc5ccc([C@@H](CCc6ccc(OC)c(C)c6)OC(=O)[C@@H]6CCCCN6C(=O)[C@@H](CC)c6cc(C)c(C)c(C)c6)cc5)cc4)c3C2=O)C(=O)N1. The number of hydrogen-bond donors (Lipinski definition) is 2. The van der Waals surface area contributed by atoms with Crippen LogP contribution in [-0.2, 0) is 48.1 Å². The van der Waals surface area contributed by atoms with Gasteiger partial charge in [-0.3, -0.25) is 33.7 Å². The number of aryl methyl sites for hydroxylation is 5. The molecule has 2 N–H and O–H groups in total. The van der Waals surface area contributed by atoms with Crippen molar-refractivity contribution in [2.75, 3.05) is 26.9 Å². The summed E-state index contributed by atoms with van der Waals surface area (Å²) in [4.78, 5) is 96.6. The van der Waals surface area contributed by atoms with Crippen molar-refractivity contribution < 1.29 is 52.5 Å². The molecule has 15 nitrogen and oxygen atoms in total. The standard InChI is InChI=1S/C63H70N4O11/c1-8-50(47-33-38(2)42(6)39(3)34-47)60(71)66-31-10-9-13-53(66)63(74)78-55(30-22-44-21-29-54(75-7)40(4)32-44)46-23-26-49(27-24-46)76-37-57(69)64-35-45-18-16-43(17-19-45)20-25-48(68)36-77-56-14-11-12-51-58(56)62(73)67(61(51)72)52-28-15-41(5)65-59(52)70/h11-12,14,16-19,21,23-24,26-27,29,32-34,50,52-53,55H,5,8-10,13,15,20,22,25,28,30-31,35-37H2,1-4,6-7H3,(H,64,69)(H,65,70)/t50-,52?,53-,55+/m0/s1. The predicted molar refractivity (Wildman–Crippen MR) is 294 cm³/mol. The fraction of sp³-hybridized carbons (Fsp3) is 0.381. The maximum absolute atomic E-state index is 14.4. The summed E-state index contributed by atoms with van der Waals surface area (Å²) in [5.41, 5.74) is 9.73. The number of amides is 5. The maximum Gasteiger partial charge on any atom is 0.329 e. The van der Waals surface area contributed by atoms with Crippen molar-refractivity contribution in [1.82, 2.24) is 20.4 Å². The van der Waals surface area contributed by atoms with Crippen molar-refractivity contribution in [3.63, 3.8) is 0 Å². The van der Waals surface area contributed by atoms with Gasteiger partial charge in [0.05, 0.1) is 24.2 Å². The highest BCUT2D eigenvalue weighted by atomic mass is 16.5. The van der Waals surface area contributed by atoms with Gasteiger partial charge in [0.15, 0.2) is 12.4 Å². The van der Waals surface area contributed by atoms with E-state index in [-0.39, 0.29) is 73.0 Å². The van der Waals surface area contributed by atoms with Crippen LogP contribution in [0.4, 0.5) is 0 Å². The second-order valence-electron chi connectivity index (χ2n) is 20.6. The molecule has 15 heteroatoms. The molecule has 8 rings (SSSR count). The minimum Gasteiger partial charge on any atom is -0.496 e. The summed E-state index contributed by atoms with van der Waals surface area (Å²) in [6, 6.07) is 27.9. The molecule has 0 aromatic heterocycles. The van der Waals surface area contributed by atoms with Crippen LogP contribution >= 0.6 is 0 Å². The van der Waals surface area contributed by atoms with Crippen LogP contribution in [0.3, 0.4) is 0 Å². The Morgan fingerprint density at radius 3 is 2.17 bits per heavy atom. The van der Waals surface area contributed by atoms with Gasteiger partial charge in [-0.15, -0.1) is 0 Å². The summed E-state index contributed by atoms with van der Waals surface area (Å²) in [7, 11) is 1.64. The number of methoxy groups -OCH3 is 1. The van der Waals surface area contributed by atoms with Crippen molar-refractivity contribution in [2.24, 2.45) is 0 Å². The number of allylic oxidation sites excluding steroid dienone is 1. The predicted octanol–water partition coefficient (Wildman–Crippen LogP) is 9.39. The molecule has 408 valence electrons. The number of carbonyl (C=O) groups excluding carboxylic acids is 7. The number of rotatable bonds is 22. The van der Waals surface area contributed by atoms with E-state index in [0.29, 0.717) is 56.5 Å². The van der Waals surface area contributed by atoms with Crippen molar-refractivity contribution in [1.29, 1.82) is 0 Å². The van der Waals surface area contributed by atoms with E-state index < -0.39 is 41.9 Å². The second-order valence-corrected chi connectivity index (χ2v) is 20.6. The molecule has 0 radical (unpaired) electrons. The monoisotopic (exact) mass is 1060 g/mol. The van der Waals surface area contributed by atoms with Crippen LogP contribution in [0, 0.1) is 27.7 Å². The smallest absolute Gasteiger partial charge is 0.329 e. The van der Waals surface area contributed by atoms with E-state index in [9.17, 15) is 33.6 Å². The fourth-order valence-electron chi connectivity index (χ4n) is 10.6. The summed E-state index contributed by atoms with van der Waals surface area (Å²) in [6.07, 6.45) is 4.55. The molecule has 3 aliphatic heterocycles. The van der Waals surface area contributed by atoms with Crippen molar-refractivity contribution in [2.45, 2.75) is 129 Å². The number of carbonyl (C=O) groups is 7. The van der Waals surface area contributed by atoms with Crippen LogP contribution in [-0.4, -0.2) is 90.0 Å². The van der Waals surface area contributed by atoms with E-state index in [1.807, 2.05) is 62.4 Å². The zero-order valence-electron chi connectivity index (χ0n) is 45.5. The normalized spacial score (nSPS) is 16.9. The van der Waals surface area contributed by atoms with E-state index in [4.69, 9.17) is 18.9 Å². The molecule has 1 unspecified atom stereocenters. The molecular weight excluding hydrogens is 989 g/mol. The lowest BCUT2D eigenvalue weighted by molar-refractivity contribution is -0.162. The number of imide groups is 1.